The van der Waals surface area contributed by atoms with Gasteiger partial charge in [0.25, 0.3) is 0 Å². The van der Waals surface area contributed by atoms with Crippen molar-refractivity contribution in [3.8, 4) is 0 Å². The van der Waals surface area contributed by atoms with Crippen molar-refractivity contribution in [2.24, 2.45) is 33.5 Å². The highest BCUT2D eigenvalue weighted by atomic mass is 14.6. The predicted molar refractivity (Wildman–Crippen MR) is 94.7 cm³/mol. The van der Waals surface area contributed by atoms with Gasteiger partial charge < -0.3 is 0 Å². The van der Waals surface area contributed by atoms with E-state index in [0.29, 0.717) is 21.7 Å². The van der Waals surface area contributed by atoms with Crippen LogP contribution in [0.1, 0.15) is 91.9 Å². The minimum Gasteiger partial charge on any atom is -0.0993 e. The molecule has 4 bridgehead atoms. The Balaban J connectivity index is 1.42. The summed E-state index contributed by atoms with van der Waals surface area (Å²) in [7, 11) is 0. The standard InChI is InChI=1S/C22H36/c1-16(22-11-8-18(13-22)20(4,5)15-22)6-9-21-10-7-17(12-21)19(2,3)14-21/h17-18H,1,6-15H2,2-5H3. The number of allylic oxidation sites excluding steroid dienone is 1. The summed E-state index contributed by atoms with van der Waals surface area (Å²) in [5, 5.41) is 0. The van der Waals surface area contributed by atoms with E-state index in [2.05, 4.69) is 34.3 Å². The molecule has 124 valence electrons. The van der Waals surface area contributed by atoms with Crippen LogP contribution in [0.3, 0.4) is 0 Å². The zero-order chi connectivity index (χ0) is 15.8. The Morgan fingerprint density at radius 2 is 1.55 bits per heavy atom. The first-order valence-corrected chi connectivity index (χ1v) is 9.85. The summed E-state index contributed by atoms with van der Waals surface area (Å²) in [5.41, 5.74) is 4.07. The molecule has 0 N–H and O–H groups in total. The van der Waals surface area contributed by atoms with Crippen LogP contribution in [0.2, 0.25) is 0 Å². The molecule has 0 saturated heterocycles. The highest BCUT2D eigenvalue weighted by Gasteiger charge is 2.57. The smallest absolute Gasteiger partial charge is 0.00827 e. The third-order valence-corrected chi connectivity index (χ3v) is 8.85. The Morgan fingerprint density at radius 1 is 0.909 bits per heavy atom. The van der Waals surface area contributed by atoms with Gasteiger partial charge in [-0.2, -0.15) is 0 Å². The Bertz CT molecular complexity index is 496. The van der Waals surface area contributed by atoms with Crippen molar-refractivity contribution in [2.45, 2.75) is 91.9 Å². The molecule has 4 unspecified atom stereocenters. The molecule has 22 heavy (non-hydrogen) atoms. The molecule has 4 atom stereocenters. The van der Waals surface area contributed by atoms with Gasteiger partial charge in [0, 0.05) is 0 Å². The molecule has 0 aromatic heterocycles. The fraction of sp³-hybridized carbons (Fsp3) is 0.909. The van der Waals surface area contributed by atoms with E-state index in [-0.39, 0.29) is 0 Å². The first-order chi connectivity index (χ1) is 10.2. The average Bonchev–Trinajstić information content (AvgIpc) is 3.11. The second kappa shape index (κ2) is 4.42. The van der Waals surface area contributed by atoms with Crippen LogP contribution in [-0.4, -0.2) is 0 Å². The maximum atomic E-state index is 4.65. The lowest BCUT2D eigenvalue weighted by Crippen LogP contribution is -2.27. The largest absolute Gasteiger partial charge is 0.0993 e. The molecule has 0 amide bonds. The van der Waals surface area contributed by atoms with Gasteiger partial charge in [-0.15, -0.1) is 0 Å². The van der Waals surface area contributed by atoms with Crippen molar-refractivity contribution in [1.82, 2.24) is 0 Å². The van der Waals surface area contributed by atoms with Gasteiger partial charge in [-0.05, 0) is 97.7 Å². The number of rotatable bonds is 4. The Labute approximate surface area is 138 Å². The van der Waals surface area contributed by atoms with E-state index in [1.165, 1.54) is 64.2 Å². The van der Waals surface area contributed by atoms with Crippen LogP contribution in [0.15, 0.2) is 12.2 Å². The molecule has 0 radical (unpaired) electrons. The number of fused-ring (bicyclic) bond motifs is 4. The average molecular weight is 301 g/mol. The third kappa shape index (κ3) is 2.08. The van der Waals surface area contributed by atoms with Crippen molar-refractivity contribution in [3.63, 3.8) is 0 Å². The van der Waals surface area contributed by atoms with Crippen LogP contribution in [0.5, 0.6) is 0 Å². The molecule has 0 aliphatic heterocycles. The summed E-state index contributed by atoms with van der Waals surface area (Å²) in [6.45, 7) is 14.7. The van der Waals surface area contributed by atoms with Crippen LogP contribution in [-0.2, 0) is 0 Å². The van der Waals surface area contributed by atoms with Crippen molar-refractivity contribution in [2.75, 3.05) is 0 Å². The van der Waals surface area contributed by atoms with Crippen LogP contribution in [0, 0.1) is 33.5 Å². The highest BCUT2D eigenvalue weighted by Crippen LogP contribution is 2.68. The molecule has 4 aliphatic rings. The van der Waals surface area contributed by atoms with Crippen molar-refractivity contribution in [3.05, 3.63) is 12.2 Å². The SMILES string of the molecule is C=C(CCC12CCC(C1)C(C)(C)C2)C12CCC(C1)C(C)(C)C2. The lowest BCUT2D eigenvalue weighted by atomic mass is 9.66. The molecule has 0 heterocycles. The summed E-state index contributed by atoms with van der Waals surface area (Å²) >= 11 is 0. The van der Waals surface area contributed by atoms with Crippen molar-refractivity contribution in [1.29, 1.82) is 0 Å². The lowest BCUT2D eigenvalue weighted by molar-refractivity contribution is 0.158. The molecular formula is C22H36. The number of hydrogen-bond donors (Lipinski definition) is 0. The van der Waals surface area contributed by atoms with E-state index in [1.54, 1.807) is 5.57 Å². The topological polar surface area (TPSA) is 0 Å². The minimum absolute atomic E-state index is 0.539. The van der Waals surface area contributed by atoms with Crippen LogP contribution in [0.25, 0.3) is 0 Å². The minimum atomic E-state index is 0.539. The molecule has 4 aliphatic carbocycles. The van der Waals surface area contributed by atoms with Crippen molar-refractivity contribution < 1.29 is 0 Å². The van der Waals surface area contributed by atoms with Gasteiger partial charge in [-0.3, -0.25) is 0 Å². The number of hydrogen-bond acceptors (Lipinski definition) is 0. The monoisotopic (exact) mass is 300 g/mol. The van der Waals surface area contributed by atoms with E-state index in [0.717, 1.165) is 11.8 Å². The molecule has 4 saturated carbocycles. The summed E-state index contributed by atoms with van der Waals surface area (Å²) < 4.78 is 0. The Hall–Kier alpha value is -0.260. The summed E-state index contributed by atoms with van der Waals surface area (Å²) in [5.74, 6) is 1.99. The summed E-state index contributed by atoms with van der Waals surface area (Å²) in [4.78, 5) is 0. The molecule has 0 aromatic rings. The lowest BCUT2D eigenvalue weighted by Gasteiger charge is -2.38. The zero-order valence-corrected chi connectivity index (χ0v) is 15.4. The summed E-state index contributed by atoms with van der Waals surface area (Å²) in [6.07, 6.45) is 14.6. The normalized spacial score (nSPS) is 47.3. The van der Waals surface area contributed by atoms with E-state index in [1.807, 2.05) is 0 Å². The van der Waals surface area contributed by atoms with Gasteiger partial charge in [0.2, 0.25) is 0 Å². The zero-order valence-electron chi connectivity index (χ0n) is 15.4. The predicted octanol–water partition coefficient (Wildman–Crippen LogP) is 6.76. The van der Waals surface area contributed by atoms with Gasteiger partial charge in [0.05, 0.1) is 0 Å². The second-order valence-electron chi connectivity index (χ2n) is 11.1. The van der Waals surface area contributed by atoms with E-state index in [9.17, 15) is 0 Å². The Kier molecular flexibility index (Phi) is 3.07. The maximum absolute atomic E-state index is 4.65. The van der Waals surface area contributed by atoms with E-state index >= 15 is 0 Å². The van der Waals surface area contributed by atoms with Gasteiger partial charge in [0.15, 0.2) is 0 Å². The van der Waals surface area contributed by atoms with Crippen LogP contribution < -0.4 is 0 Å². The molecule has 0 spiro atoms. The molecule has 0 aromatic carbocycles. The van der Waals surface area contributed by atoms with E-state index in [4.69, 9.17) is 0 Å². The van der Waals surface area contributed by atoms with Gasteiger partial charge in [-0.1, -0.05) is 39.8 Å². The molecular weight excluding hydrogens is 264 g/mol. The van der Waals surface area contributed by atoms with E-state index < -0.39 is 0 Å². The Morgan fingerprint density at radius 3 is 2.05 bits per heavy atom. The first-order valence-electron chi connectivity index (χ1n) is 9.85. The first kappa shape index (κ1) is 15.3. The quantitative estimate of drug-likeness (QED) is 0.503. The fourth-order valence-electron chi connectivity index (χ4n) is 7.56. The molecule has 4 rings (SSSR count). The summed E-state index contributed by atoms with van der Waals surface area (Å²) in [6, 6.07) is 0. The third-order valence-electron chi connectivity index (χ3n) is 8.85. The molecule has 0 heteroatoms. The van der Waals surface area contributed by atoms with Gasteiger partial charge in [-0.25, -0.2) is 0 Å². The van der Waals surface area contributed by atoms with Gasteiger partial charge >= 0.3 is 0 Å². The molecule has 0 nitrogen and oxygen atoms in total. The second-order valence-corrected chi connectivity index (χ2v) is 11.1. The van der Waals surface area contributed by atoms with Crippen LogP contribution in [0.4, 0.5) is 0 Å². The van der Waals surface area contributed by atoms with Crippen molar-refractivity contribution >= 4 is 0 Å². The van der Waals surface area contributed by atoms with Crippen LogP contribution >= 0.6 is 0 Å². The fourth-order valence-corrected chi connectivity index (χ4v) is 7.56. The highest BCUT2D eigenvalue weighted by molar-refractivity contribution is 5.21. The maximum Gasteiger partial charge on any atom is -0.00827 e. The van der Waals surface area contributed by atoms with Gasteiger partial charge in [0.1, 0.15) is 0 Å². The molecule has 4 fully saturated rings.